The number of hydrogen-bond acceptors (Lipinski definition) is 2. The van der Waals surface area contributed by atoms with Crippen molar-refractivity contribution in [2.75, 3.05) is 0 Å². The van der Waals surface area contributed by atoms with Crippen LogP contribution in [0.1, 0.15) is 74.1 Å². The van der Waals surface area contributed by atoms with Gasteiger partial charge in [-0.25, -0.2) is 0 Å². The molecule has 2 heteroatoms. The van der Waals surface area contributed by atoms with Crippen LogP contribution in [0.2, 0.25) is 0 Å². The second-order valence-electron chi connectivity index (χ2n) is 6.36. The molecule has 102 valence electrons. The maximum atomic E-state index is 12.2. The summed E-state index contributed by atoms with van der Waals surface area (Å²) in [7, 11) is 0. The Morgan fingerprint density at radius 2 is 1.59 bits per heavy atom. The zero-order valence-corrected chi connectivity index (χ0v) is 12.7. The van der Waals surface area contributed by atoms with Crippen LogP contribution in [-0.4, -0.2) is 11.6 Å². The Kier molecular flexibility index (Phi) is 6.22. The van der Waals surface area contributed by atoms with Crippen LogP contribution in [0.25, 0.3) is 0 Å². The summed E-state index contributed by atoms with van der Waals surface area (Å²) >= 11 is 0. The van der Waals surface area contributed by atoms with Gasteiger partial charge in [0.05, 0.1) is 5.41 Å². The van der Waals surface area contributed by atoms with Crippen molar-refractivity contribution < 1.29 is 9.53 Å². The lowest BCUT2D eigenvalue weighted by molar-refractivity contribution is -0.170. The van der Waals surface area contributed by atoms with Gasteiger partial charge in [0.15, 0.2) is 0 Å². The Morgan fingerprint density at radius 3 is 1.94 bits per heavy atom. The third kappa shape index (κ3) is 5.56. The predicted octanol–water partition coefficient (Wildman–Crippen LogP) is 4.57. The van der Waals surface area contributed by atoms with Crippen LogP contribution in [0.3, 0.4) is 0 Å². The summed E-state index contributed by atoms with van der Waals surface area (Å²) in [5, 5.41) is 0. The Balaban J connectivity index is 4.47. The van der Waals surface area contributed by atoms with E-state index in [4.69, 9.17) is 4.74 Å². The largest absolute Gasteiger partial charge is 0.459 e. The third-order valence-electron chi connectivity index (χ3n) is 3.73. The van der Waals surface area contributed by atoms with Crippen molar-refractivity contribution in [1.82, 2.24) is 0 Å². The highest BCUT2D eigenvalue weighted by Crippen LogP contribution is 2.30. The number of carbonyl (C=O) groups is 1. The molecule has 0 rings (SSSR count). The molecule has 0 N–H and O–H groups in total. The number of esters is 1. The summed E-state index contributed by atoms with van der Waals surface area (Å²) in [6.07, 6.45) is 3.70. The molecule has 0 bridgehead atoms. The van der Waals surface area contributed by atoms with E-state index < -0.39 is 0 Å². The molecule has 0 atom stereocenters. The van der Waals surface area contributed by atoms with E-state index in [1.54, 1.807) is 0 Å². The standard InChI is InChI=1S/C15H30O2/c1-8-15(7,9-2)17-13(16)14(5,6)11-10-12(3)4/h12H,8-11H2,1-7H3. The molecule has 17 heavy (non-hydrogen) atoms. The summed E-state index contributed by atoms with van der Waals surface area (Å²) in [6, 6.07) is 0. The minimum atomic E-state index is -0.365. The molecule has 0 fully saturated rings. The lowest BCUT2D eigenvalue weighted by Crippen LogP contribution is -2.37. The minimum absolute atomic E-state index is 0.0515. The second-order valence-corrected chi connectivity index (χ2v) is 6.36. The van der Waals surface area contributed by atoms with Crippen molar-refractivity contribution in [3.63, 3.8) is 0 Å². The van der Waals surface area contributed by atoms with Gasteiger partial charge >= 0.3 is 5.97 Å². The number of hydrogen-bond donors (Lipinski definition) is 0. The monoisotopic (exact) mass is 242 g/mol. The fourth-order valence-corrected chi connectivity index (χ4v) is 1.51. The zero-order chi connectivity index (χ0) is 13.7. The highest BCUT2D eigenvalue weighted by molar-refractivity contribution is 5.76. The SMILES string of the molecule is CCC(C)(CC)OC(=O)C(C)(C)CCC(C)C. The molecule has 0 unspecified atom stereocenters. The Morgan fingerprint density at radius 1 is 1.12 bits per heavy atom. The highest BCUT2D eigenvalue weighted by atomic mass is 16.6. The van der Waals surface area contributed by atoms with Crippen LogP contribution in [0.5, 0.6) is 0 Å². The summed E-state index contributed by atoms with van der Waals surface area (Å²) < 4.78 is 5.69. The van der Waals surface area contributed by atoms with E-state index in [1.807, 2.05) is 20.8 Å². The van der Waals surface area contributed by atoms with E-state index in [2.05, 4.69) is 27.7 Å². The van der Waals surface area contributed by atoms with E-state index in [0.717, 1.165) is 25.7 Å². The van der Waals surface area contributed by atoms with Gasteiger partial charge in [-0.15, -0.1) is 0 Å². The molecule has 0 aromatic heterocycles. The van der Waals surface area contributed by atoms with Gasteiger partial charge < -0.3 is 4.74 Å². The first kappa shape index (κ1) is 16.5. The molecule has 0 radical (unpaired) electrons. The molecule has 0 aliphatic rings. The number of carbonyl (C=O) groups excluding carboxylic acids is 1. The second kappa shape index (κ2) is 6.42. The summed E-state index contributed by atoms with van der Waals surface area (Å²) in [5.74, 6) is 0.579. The smallest absolute Gasteiger partial charge is 0.312 e. The molecule has 0 spiro atoms. The van der Waals surface area contributed by atoms with Crippen LogP contribution in [0.4, 0.5) is 0 Å². The Labute approximate surface area is 107 Å². The van der Waals surface area contributed by atoms with E-state index >= 15 is 0 Å². The summed E-state index contributed by atoms with van der Waals surface area (Å²) in [6.45, 7) is 14.5. The van der Waals surface area contributed by atoms with Crippen LogP contribution in [-0.2, 0) is 9.53 Å². The van der Waals surface area contributed by atoms with Gasteiger partial charge in [0.2, 0.25) is 0 Å². The number of ether oxygens (including phenoxy) is 1. The van der Waals surface area contributed by atoms with Crippen molar-refractivity contribution in [3.05, 3.63) is 0 Å². The molecule has 0 saturated heterocycles. The van der Waals surface area contributed by atoms with Crippen LogP contribution in [0, 0.1) is 11.3 Å². The fourth-order valence-electron chi connectivity index (χ4n) is 1.51. The highest BCUT2D eigenvalue weighted by Gasteiger charge is 2.34. The molecule has 0 saturated carbocycles. The lowest BCUT2D eigenvalue weighted by atomic mass is 9.85. The first-order valence-electron chi connectivity index (χ1n) is 6.90. The summed E-state index contributed by atoms with van der Waals surface area (Å²) in [5.41, 5.74) is -0.665. The molecular formula is C15H30O2. The van der Waals surface area contributed by atoms with Gasteiger partial charge in [-0.05, 0) is 52.4 Å². The van der Waals surface area contributed by atoms with Crippen molar-refractivity contribution in [1.29, 1.82) is 0 Å². The van der Waals surface area contributed by atoms with Crippen LogP contribution < -0.4 is 0 Å². The summed E-state index contributed by atoms with van der Waals surface area (Å²) in [4.78, 5) is 12.2. The van der Waals surface area contributed by atoms with Crippen LogP contribution in [0.15, 0.2) is 0 Å². The molecule has 0 aliphatic carbocycles. The van der Waals surface area contributed by atoms with Gasteiger partial charge in [0, 0.05) is 0 Å². The van der Waals surface area contributed by atoms with Gasteiger partial charge in [-0.3, -0.25) is 4.79 Å². The molecule has 0 aromatic carbocycles. The maximum Gasteiger partial charge on any atom is 0.312 e. The van der Waals surface area contributed by atoms with Crippen molar-refractivity contribution in [2.24, 2.45) is 11.3 Å². The quantitative estimate of drug-likeness (QED) is 0.611. The van der Waals surface area contributed by atoms with E-state index in [0.29, 0.717) is 5.92 Å². The van der Waals surface area contributed by atoms with E-state index in [-0.39, 0.29) is 17.0 Å². The first-order chi connectivity index (χ1) is 7.67. The first-order valence-corrected chi connectivity index (χ1v) is 6.90. The topological polar surface area (TPSA) is 26.3 Å². The van der Waals surface area contributed by atoms with E-state index in [1.165, 1.54) is 0 Å². The van der Waals surface area contributed by atoms with Crippen LogP contribution >= 0.6 is 0 Å². The van der Waals surface area contributed by atoms with Crippen molar-refractivity contribution >= 4 is 5.97 Å². The van der Waals surface area contributed by atoms with Crippen molar-refractivity contribution in [3.8, 4) is 0 Å². The van der Waals surface area contributed by atoms with Gasteiger partial charge in [0.1, 0.15) is 5.60 Å². The zero-order valence-electron chi connectivity index (χ0n) is 12.7. The fraction of sp³-hybridized carbons (Fsp3) is 0.933. The Hall–Kier alpha value is -0.530. The molecule has 0 amide bonds. The molecule has 2 nitrogen and oxygen atoms in total. The average molecular weight is 242 g/mol. The molecule has 0 aromatic rings. The van der Waals surface area contributed by atoms with Crippen molar-refractivity contribution in [2.45, 2.75) is 79.8 Å². The predicted molar refractivity (Wildman–Crippen MR) is 72.9 cm³/mol. The minimum Gasteiger partial charge on any atom is -0.459 e. The average Bonchev–Trinajstić information content (AvgIpc) is 2.26. The van der Waals surface area contributed by atoms with Gasteiger partial charge in [-0.1, -0.05) is 27.7 Å². The van der Waals surface area contributed by atoms with Gasteiger partial charge in [0.25, 0.3) is 0 Å². The Bertz CT molecular complexity index is 237. The molecule has 0 heterocycles. The lowest BCUT2D eigenvalue weighted by Gasteiger charge is -2.32. The van der Waals surface area contributed by atoms with Gasteiger partial charge in [-0.2, -0.15) is 0 Å². The third-order valence-corrected chi connectivity index (χ3v) is 3.73. The molecular weight excluding hydrogens is 212 g/mol. The van der Waals surface area contributed by atoms with E-state index in [9.17, 15) is 4.79 Å². The number of rotatable bonds is 7. The molecule has 0 aliphatic heterocycles. The maximum absolute atomic E-state index is 12.2. The normalized spacial score (nSPS) is 12.9.